The van der Waals surface area contributed by atoms with E-state index in [9.17, 15) is 18.0 Å². The van der Waals surface area contributed by atoms with Gasteiger partial charge in [-0.05, 0) is 69.0 Å². The predicted octanol–water partition coefficient (Wildman–Crippen LogP) is 6.09. The molecular formula is C28H29ClF3N3O2. The van der Waals surface area contributed by atoms with Crippen LogP contribution in [0.2, 0.25) is 5.02 Å². The molecule has 196 valence electrons. The smallest absolute Gasteiger partial charge is 0.416 e. The Bertz CT molecular complexity index is 1250. The molecule has 1 amide bonds. The van der Waals surface area contributed by atoms with Crippen molar-refractivity contribution in [2.75, 3.05) is 11.4 Å². The molecular weight excluding hydrogens is 503 g/mol. The number of ether oxygens (including phenoxy) is 1. The number of nitrogens with zero attached hydrogens (tertiary/aromatic N) is 2. The van der Waals surface area contributed by atoms with Crippen LogP contribution in [0.1, 0.15) is 37.5 Å². The van der Waals surface area contributed by atoms with E-state index >= 15 is 0 Å². The van der Waals surface area contributed by atoms with Crippen LogP contribution in [0.3, 0.4) is 0 Å². The lowest BCUT2D eigenvalue weighted by Gasteiger charge is -2.37. The van der Waals surface area contributed by atoms with Gasteiger partial charge in [0.2, 0.25) is 5.88 Å². The van der Waals surface area contributed by atoms with E-state index in [-0.39, 0.29) is 18.0 Å². The topological polar surface area (TPSA) is 54.5 Å². The number of aromatic nitrogens is 1. The molecule has 1 aliphatic heterocycles. The van der Waals surface area contributed by atoms with E-state index in [1.165, 1.54) is 19.4 Å². The number of hydrogen-bond acceptors (Lipinski definition) is 4. The van der Waals surface area contributed by atoms with Crippen molar-refractivity contribution in [1.82, 2.24) is 10.3 Å². The summed E-state index contributed by atoms with van der Waals surface area (Å²) in [6, 6.07) is 17.1. The molecule has 37 heavy (non-hydrogen) atoms. The van der Waals surface area contributed by atoms with Gasteiger partial charge in [0, 0.05) is 35.6 Å². The molecule has 2 heterocycles. The molecule has 2 unspecified atom stereocenters. The van der Waals surface area contributed by atoms with Gasteiger partial charge < -0.3 is 15.0 Å². The maximum atomic E-state index is 13.3. The van der Waals surface area contributed by atoms with Crippen LogP contribution >= 0.6 is 11.6 Å². The van der Waals surface area contributed by atoms with Gasteiger partial charge in [0.05, 0.1) is 11.6 Å². The fourth-order valence-corrected chi connectivity index (χ4v) is 4.68. The molecule has 5 nitrogen and oxygen atoms in total. The molecule has 4 rings (SSSR count). The third kappa shape index (κ3) is 6.36. The largest absolute Gasteiger partial charge is 0.462 e. The fourth-order valence-electron chi connectivity index (χ4n) is 4.55. The lowest BCUT2D eigenvalue weighted by Crippen LogP contribution is -2.56. The third-order valence-electron chi connectivity index (χ3n) is 6.59. The SMILES string of the molecule is CC(NC(=O)C(C)(C)Oc1cc(C(F)(F)F)ccn1)C(Cc1ccc(Cl)cc1)N1CCc2ccccc21. The summed E-state index contributed by atoms with van der Waals surface area (Å²) in [6.07, 6.45) is -1.96. The lowest BCUT2D eigenvalue weighted by atomic mass is 9.97. The first-order valence-electron chi connectivity index (χ1n) is 12.1. The summed E-state index contributed by atoms with van der Waals surface area (Å²) < 4.78 is 44.9. The molecule has 0 spiro atoms. The highest BCUT2D eigenvalue weighted by Crippen LogP contribution is 2.33. The Labute approximate surface area is 219 Å². The predicted molar refractivity (Wildman–Crippen MR) is 138 cm³/mol. The molecule has 0 bridgehead atoms. The molecule has 1 aliphatic rings. The second kappa shape index (κ2) is 10.6. The van der Waals surface area contributed by atoms with Crippen molar-refractivity contribution in [2.24, 2.45) is 0 Å². The van der Waals surface area contributed by atoms with Gasteiger partial charge in [0.25, 0.3) is 5.91 Å². The first kappa shape index (κ1) is 26.8. The highest BCUT2D eigenvalue weighted by atomic mass is 35.5. The van der Waals surface area contributed by atoms with E-state index in [2.05, 4.69) is 27.3 Å². The van der Waals surface area contributed by atoms with Crippen molar-refractivity contribution in [3.05, 3.63) is 88.6 Å². The van der Waals surface area contributed by atoms with E-state index in [0.717, 1.165) is 42.5 Å². The summed E-state index contributed by atoms with van der Waals surface area (Å²) in [4.78, 5) is 19.5. The van der Waals surface area contributed by atoms with Crippen LogP contribution in [0.5, 0.6) is 5.88 Å². The molecule has 0 fully saturated rings. The number of fused-ring (bicyclic) bond motifs is 1. The summed E-state index contributed by atoms with van der Waals surface area (Å²) in [5.41, 5.74) is 1.10. The van der Waals surface area contributed by atoms with E-state index in [4.69, 9.17) is 16.3 Å². The average molecular weight is 532 g/mol. The van der Waals surface area contributed by atoms with Crippen LogP contribution in [-0.2, 0) is 23.8 Å². The summed E-state index contributed by atoms with van der Waals surface area (Å²) in [7, 11) is 0. The minimum Gasteiger partial charge on any atom is -0.462 e. The Kier molecular flexibility index (Phi) is 7.69. The van der Waals surface area contributed by atoms with Gasteiger partial charge in [-0.15, -0.1) is 0 Å². The molecule has 0 radical (unpaired) electrons. The zero-order valence-electron chi connectivity index (χ0n) is 20.8. The highest BCUT2D eigenvalue weighted by molar-refractivity contribution is 6.30. The fraction of sp³-hybridized carbons (Fsp3) is 0.357. The van der Waals surface area contributed by atoms with Crippen LogP contribution in [0.25, 0.3) is 0 Å². The number of anilines is 1. The first-order valence-corrected chi connectivity index (χ1v) is 12.4. The van der Waals surface area contributed by atoms with Crippen molar-refractivity contribution in [2.45, 2.75) is 57.5 Å². The lowest BCUT2D eigenvalue weighted by molar-refractivity contribution is -0.138. The van der Waals surface area contributed by atoms with Crippen molar-refractivity contribution in [3.63, 3.8) is 0 Å². The van der Waals surface area contributed by atoms with Crippen LogP contribution in [-0.4, -0.2) is 35.1 Å². The minimum absolute atomic E-state index is 0.0868. The molecule has 2 aromatic carbocycles. The van der Waals surface area contributed by atoms with Gasteiger partial charge in [0.15, 0.2) is 5.60 Å². The van der Waals surface area contributed by atoms with Crippen molar-refractivity contribution in [1.29, 1.82) is 0 Å². The number of amides is 1. The molecule has 0 saturated heterocycles. The average Bonchev–Trinajstić information content (AvgIpc) is 3.27. The van der Waals surface area contributed by atoms with Gasteiger partial charge in [-0.2, -0.15) is 13.2 Å². The van der Waals surface area contributed by atoms with E-state index < -0.39 is 23.2 Å². The Morgan fingerprint density at radius 1 is 1.14 bits per heavy atom. The standard InChI is InChI=1S/C28H29ClF3N3O2/c1-18(34-26(36)27(2,3)37-25-17-21(12-14-33-25)28(30,31)32)24(16-19-8-10-22(29)11-9-19)35-15-13-20-6-4-5-7-23(20)35/h4-12,14,17-18,24H,13,15-16H2,1-3H3,(H,34,36). The van der Waals surface area contributed by atoms with Crippen molar-refractivity contribution in [3.8, 4) is 5.88 Å². The van der Waals surface area contributed by atoms with Crippen LogP contribution in [0.4, 0.5) is 18.9 Å². The van der Waals surface area contributed by atoms with Gasteiger partial charge in [-0.25, -0.2) is 4.98 Å². The second-order valence-electron chi connectivity index (χ2n) is 9.73. The molecule has 3 aromatic rings. The zero-order chi connectivity index (χ0) is 26.8. The van der Waals surface area contributed by atoms with Crippen LogP contribution in [0.15, 0.2) is 66.9 Å². The van der Waals surface area contributed by atoms with Crippen LogP contribution < -0.4 is 15.0 Å². The Morgan fingerprint density at radius 2 is 1.84 bits per heavy atom. The van der Waals surface area contributed by atoms with Gasteiger partial charge in [-0.1, -0.05) is 41.9 Å². The number of para-hydroxylation sites is 1. The van der Waals surface area contributed by atoms with E-state index in [1.54, 1.807) is 0 Å². The van der Waals surface area contributed by atoms with E-state index in [1.807, 2.05) is 43.3 Å². The number of carbonyl (C=O) groups excluding carboxylic acids is 1. The summed E-state index contributed by atoms with van der Waals surface area (Å²) in [5.74, 6) is -0.721. The van der Waals surface area contributed by atoms with Crippen molar-refractivity contribution >= 4 is 23.2 Å². The number of alkyl halides is 3. The summed E-state index contributed by atoms with van der Waals surface area (Å²) in [6.45, 7) is 5.76. The van der Waals surface area contributed by atoms with Gasteiger partial charge >= 0.3 is 6.18 Å². The molecule has 0 aliphatic carbocycles. The van der Waals surface area contributed by atoms with Crippen LogP contribution in [0, 0.1) is 0 Å². The molecule has 1 aromatic heterocycles. The second-order valence-corrected chi connectivity index (χ2v) is 10.2. The summed E-state index contributed by atoms with van der Waals surface area (Å²) in [5, 5.41) is 3.69. The number of halogens is 4. The number of nitrogens with one attached hydrogen (secondary N) is 1. The van der Waals surface area contributed by atoms with Gasteiger partial charge in [-0.3, -0.25) is 4.79 Å². The Balaban J connectivity index is 1.53. The number of carbonyl (C=O) groups is 1. The maximum Gasteiger partial charge on any atom is 0.416 e. The van der Waals surface area contributed by atoms with E-state index in [0.29, 0.717) is 11.4 Å². The molecule has 1 N–H and O–H groups in total. The van der Waals surface area contributed by atoms with Gasteiger partial charge in [0.1, 0.15) is 0 Å². The minimum atomic E-state index is -4.54. The molecule has 0 saturated carbocycles. The number of pyridine rings is 1. The maximum absolute atomic E-state index is 13.3. The zero-order valence-corrected chi connectivity index (χ0v) is 21.6. The summed E-state index contributed by atoms with van der Waals surface area (Å²) >= 11 is 6.08. The normalized spacial score (nSPS) is 15.2. The number of hydrogen-bond donors (Lipinski definition) is 1. The number of rotatable bonds is 8. The molecule has 2 atom stereocenters. The monoisotopic (exact) mass is 531 g/mol. The first-order chi connectivity index (χ1) is 17.4. The Hall–Kier alpha value is -3.26. The highest BCUT2D eigenvalue weighted by Gasteiger charge is 2.37. The quantitative estimate of drug-likeness (QED) is 0.382. The Morgan fingerprint density at radius 3 is 2.54 bits per heavy atom. The molecule has 9 heteroatoms. The third-order valence-corrected chi connectivity index (χ3v) is 6.84. The number of benzene rings is 2. The van der Waals surface area contributed by atoms with Crippen molar-refractivity contribution < 1.29 is 22.7 Å².